The Kier molecular flexibility index (Phi) is 4.54. The molecule has 2 amide bonds. The average molecular weight is 310 g/mol. The molecule has 1 heterocycles. The van der Waals surface area contributed by atoms with E-state index in [-0.39, 0.29) is 29.8 Å². The smallest absolute Gasteiger partial charge is 0.251 e. The number of halogens is 1. The third-order valence-corrected chi connectivity index (χ3v) is 4.21. The molecule has 1 aromatic carbocycles. The minimum absolute atomic E-state index is 0. The highest BCUT2D eigenvalue weighted by molar-refractivity contribution is 5.97. The Morgan fingerprint density at radius 3 is 2.76 bits per heavy atom. The van der Waals surface area contributed by atoms with Crippen LogP contribution in [0.3, 0.4) is 0 Å². The second-order valence-corrected chi connectivity index (χ2v) is 5.82. The minimum Gasteiger partial charge on any atom is -0.350 e. The molecule has 1 aromatic rings. The number of amides is 2. The van der Waals surface area contributed by atoms with Gasteiger partial charge in [0.1, 0.15) is 0 Å². The van der Waals surface area contributed by atoms with Crippen molar-refractivity contribution in [3.8, 4) is 0 Å². The van der Waals surface area contributed by atoms with Crippen molar-refractivity contribution in [3.05, 3.63) is 29.3 Å². The summed E-state index contributed by atoms with van der Waals surface area (Å²) in [4.78, 5) is 23.4. The van der Waals surface area contributed by atoms with Crippen LogP contribution in [0.5, 0.6) is 0 Å². The van der Waals surface area contributed by atoms with Gasteiger partial charge in [-0.2, -0.15) is 0 Å². The van der Waals surface area contributed by atoms with E-state index in [1.165, 1.54) is 0 Å². The Morgan fingerprint density at radius 1 is 1.33 bits per heavy atom. The van der Waals surface area contributed by atoms with Crippen molar-refractivity contribution in [2.75, 3.05) is 11.9 Å². The largest absolute Gasteiger partial charge is 0.350 e. The van der Waals surface area contributed by atoms with Gasteiger partial charge in [-0.1, -0.05) is 0 Å². The maximum absolute atomic E-state index is 12.1. The van der Waals surface area contributed by atoms with Crippen molar-refractivity contribution >= 4 is 29.9 Å². The first-order chi connectivity index (χ1) is 9.56. The molecule has 1 aliphatic heterocycles. The Morgan fingerprint density at radius 2 is 2.10 bits per heavy atom. The summed E-state index contributed by atoms with van der Waals surface area (Å²) < 4.78 is 0. The number of hydrogen-bond acceptors (Lipinski definition) is 3. The van der Waals surface area contributed by atoms with Crippen LogP contribution < -0.4 is 16.4 Å². The topological polar surface area (TPSA) is 84.2 Å². The number of aryl methyl sites for hydroxylation is 1. The standard InChI is InChI=1S/C15H19N3O2.ClH/c16-15(6-1-7-15)9-17-14(20)11-2-4-12-10(8-11)3-5-13(19)18-12;/h2,4,8H,1,3,5-7,9,16H2,(H,17,20)(H,18,19);1H. The number of hydrogen-bond donors (Lipinski definition) is 3. The summed E-state index contributed by atoms with van der Waals surface area (Å²) in [6.07, 6.45) is 4.25. The van der Waals surface area contributed by atoms with Crippen LogP contribution >= 0.6 is 12.4 Å². The number of carbonyl (C=O) groups excluding carboxylic acids is 2. The van der Waals surface area contributed by atoms with E-state index >= 15 is 0 Å². The zero-order valence-electron chi connectivity index (χ0n) is 11.8. The molecule has 0 bridgehead atoms. The fourth-order valence-corrected chi connectivity index (χ4v) is 2.69. The Hall–Kier alpha value is -1.59. The maximum Gasteiger partial charge on any atom is 0.251 e. The molecule has 3 rings (SSSR count). The molecule has 1 aliphatic carbocycles. The van der Waals surface area contributed by atoms with Gasteiger partial charge in [-0.05, 0) is 49.4 Å². The van der Waals surface area contributed by atoms with E-state index in [1.807, 2.05) is 6.07 Å². The van der Waals surface area contributed by atoms with Crippen LogP contribution in [0.1, 0.15) is 41.6 Å². The second kappa shape index (κ2) is 6.03. The first-order valence-electron chi connectivity index (χ1n) is 7.06. The Labute approximate surface area is 130 Å². The molecule has 0 spiro atoms. The van der Waals surface area contributed by atoms with Crippen LogP contribution in [0.15, 0.2) is 18.2 Å². The fraction of sp³-hybridized carbons (Fsp3) is 0.467. The highest BCUT2D eigenvalue weighted by atomic mass is 35.5. The van der Waals surface area contributed by atoms with Gasteiger partial charge in [0.25, 0.3) is 5.91 Å². The van der Waals surface area contributed by atoms with E-state index < -0.39 is 0 Å². The van der Waals surface area contributed by atoms with Crippen LogP contribution in [0.4, 0.5) is 5.69 Å². The molecule has 21 heavy (non-hydrogen) atoms. The maximum atomic E-state index is 12.1. The van der Waals surface area contributed by atoms with Crippen LogP contribution in [-0.2, 0) is 11.2 Å². The lowest BCUT2D eigenvalue weighted by Gasteiger charge is -2.38. The van der Waals surface area contributed by atoms with Crippen LogP contribution in [0.2, 0.25) is 0 Å². The average Bonchev–Trinajstić information content (AvgIpc) is 2.42. The third kappa shape index (κ3) is 3.36. The van der Waals surface area contributed by atoms with E-state index in [4.69, 9.17) is 5.73 Å². The van der Waals surface area contributed by atoms with Gasteiger partial charge in [-0.3, -0.25) is 9.59 Å². The Bertz CT molecular complexity index is 570. The van der Waals surface area contributed by atoms with Crippen molar-refractivity contribution in [1.29, 1.82) is 0 Å². The highest BCUT2D eigenvalue weighted by Gasteiger charge is 2.32. The molecular formula is C15H20ClN3O2. The SMILES string of the molecule is Cl.NC1(CNC(=O)c2ccc3c(c2)CCC(=O)N3)CCC1. The predicted octanol–water partition coefficient (Wildman–Crippen LogP) is 1.60. The molecule has 1 saturated carbocycles. The Balaban J connectivity index is 0.00000161. The number of nitrogens with two attached hydrogens (primary N) is 1. The van der Waals surface area contributed by atoms with Crippen molar-refractivity contribution in [2.24, 2.45) is 5.73 Å². The summed E-state index contributed by atoms with van der Waals surface area (Å²) in [5.41, 5.74) is 8.34. The lowest BCUT2D eigenvalue weighted by molar-refractivity contribution is -0.116. The quantitative estimate of drug-likeness (QED) is 0.793. The number of benzene rings is 1. The minimum atomic E-state index is -0.210. The molecule has 2 aliphatic rings. The van der Waals surface area contributed by atoms with Gasteiger partial charge in [-0.15, -0.1) is 12.4 Å². The van der Waals surface area contributed by atoms with Crippen LogP contribution in [-0.4, -0.2) is 23.9 Å². The van der Waals surface area contributed by atoms with E-state index in [1.54, 1.807) is 12.1 Å². The van der Waals surface area contributed by atoms with Gasteiger partial charge >= 0.3 is 0 Å². The second-order valence-electron chi connectivity index (χ2n) is 5.82. The molecule has 0 saturated heterocycles. The summed E-state index contributed by atoms with van der Waals surface area (Å²) in [6.45, 7) is 0.527. The number of anilines is 1. The van der Waals surface area contributed by atoms with Crippen molar-refractivity contribution < 1.29 is 9.59 Å². The van der Waals surface area contributed by atoms with E-state index in [0.29, 0.717) is 24.9 Å². The van der Waals surface area contributed by atoms with E-state index in [9.17, 15) is 9.59 Å². The van der Waals surface area contributed by atoms with Crippen molar-refractivity contribution in [1.82, 2.24) is 5.32 Å². The zero-order chi connectivity index (χ0) is 14.2. The van der Waals surface area contributed by atoms with Gasteiger partial charge in [0.05, 0.1) is 0 Å². The van der Waals surface area contributed by atoms with Crippen LogP contribution in [0, 0.1) is 0 Å². The normalized spacial score (nSPS) is 18.6. The molecule has 4 N–H and O–H groups in total. The molecule has 5 nitrogen and oxygen atoms in total. The lowest BCUT2D eigenvalue weighted by Crippen LogP contribution is -2.54. The van der Waals surface area contributed by atoms with E-state index in [0.717, 1.165) is 30.5 Å². The third-order valence-electron chi connectivity index (χ3n) is 4.21. The van der Waals surface area contributed by atoms with Gasteiger partial charge in [-0.25, -0.2) is 0 Å². The first kappa shape index (κ1) is 15.8. The summed E-state index contributed by atoms with van der Waals surface area (Å²) in [5, 5.41) is 5.72. The van der Waals surface area contributed by atoms with Gasteiger partial charge in [0, 0.05) is 29.8 Å². The molecule has 114 valence electrons. The van der Waals surface area contributed by atoms with Crippen molar-refractivity contribution in [3.63, 3.8) is 0 Å². The predicted molar refractivity (Wildman–Crippen MR) is 83.7 cm³/mol. The number of carbonyl (C=O) groups is 2. The lowest BCUT2D eigenvalue weighted by atomic mass is 9.78. The molecule has 0 unspecified atom stereocenters. The van der Waals surface area contributed by atoms with Gasteiger partial charge in [0.15, 0.2) is 0 Å². The monoisotopic (exact) mass is 309 g/mol. The van der Waals surface area contributed by atoms with Crippen LogP contribution in [0.25, 0.3) is 0 Å². The number of fused-ring (bicyclic) bond motifs is 1. The fourth-order valence-electron chi connectivity index (χ4n) is 2.69. The summed E-state index contributed by atoms with van der Waals surface area (Å²) in [5.74, 6) is -0.0637. The zero-order valence-corrected chi connectivity index (χ0v) is 12.6. The first-order valence-corrected chi connectivity index (χ1v) is 7.06. The number of rotatable bonds is 3. The molecule has 0 aromatic heterocycles. The van der Waals surface area contributed by atoms with E-state index in [2.05, 4.69) is 10.6 Å². The summed E-state index contributed by atoms with van der Waals surface area (Å²) >= 11 is 0. The summed E-state index contributed by atoms with van der Waals surface area (Å²) in [6, 6.07) is 5.39. The molecule has 0 radical (unpaired) electrons. The molecular weight excluding hydrogens is 290 g/mol. The van der Waals surface area contributed by atoms with Gasteiger partial charge in [0.2, 0.25) is 5.91 Å². The highest BCUT2D eigenvalue weighted by Crippen LogP contribution is 2.28. The molecule has 0 atom stereocenters. The summed E-state index contributed by atoms with van der Waals surface area (Å²) in [7, 11) is 0. The molecule has 1 fully saturated rings. The number of nitrogens with one attached hydrogen (secondary N) is 2. The van der Waals surface area contributed by atoms with Crippen molar-refractivity contribution in [2.45, 2.75) is 37.6 Å². The molecule has 6 heteroatoms. The van der Waals surface area contributed by atoms with Gasteiger partial charge < -0.3 is 16.4 Å².